The first-order chi connectivity index (χ1) is 7.74. The summed E-state index contributed by atoms with van der Waals surface area (Å²) in [5.74, 6) is 0. The molecule has 3 nitrogen and oxygen atoms in total. The monoisotopic (exact) mass is 224 g/mol. The van der Waals surface area contributed by atoms with Gasteiger partial charge < -0.3 is 9.47 Å². The van der Waals surface area contributed by atoms with Crippen molar-refractivity contribution in [2.45, 2.75) is 33.8 Å². The molecule has 1 unspecified atom stereocenters. The molecule has 0 bridgehead atoms. The third kappa shape index (κ3) is 5.39. The molecule has 0 heterocycles. The molecule has 0 aliphatic carbocycles. The van der Waals surface area contributed by atoms with Gasteiger partial charge in [0.15, 0.2) is 0 Å². The second-order valence-electron chi connectivity index (χ2n) is 2.85. The van der Waals surface area contributed by atoms with E-state index in [1.165, 1.54) is 0 Å². The topological polar surface area (TPSA) is 35.5 Å². The fourth-order valence-corrected chi connectivity index (χ4v) is 1.09. The van der Waals surface area contributed by atoms with Gasteiger partial charge in [-0.05, 0) is 19.4 Å². The van der Waals surface area contributed by atoms with Crippen LogP contribution in [0.2, 0.25) is 0 Å². The van der Waals surface area contributed by atoms with E-state index in [2.05, 4.69) is 4.74 Å². The van der Waals surface area contributed by atoms with Gasteiger partial charge in [-0.1, -0.05) is 44.2 Å². The molecule has 0 N–H and O–H groups in total. The van der Waals surface area contributed by atoms with Crippen LogP contribution in [0.3, 0.4) is 0 Å². The summed E-state index contributed by atoms with van der Waals surface area (Å²) < 4.78 is 9.69. The van der Waals surface area contributed by atoms with Gasteiger partial charge in [0.2, 0.25) is 0 Å². The lowest BCUT2D eigenvalue weighted by atomic mass is 10.1. The Kier molecular flexibility index (Phi) is 7.94. The molecule has 0 aliphatic heterocycles. The smallest absolute Gasteiger partial charge is 0.435 e. The highest BCUT2D eigenvalue weighted by molar-refractivity contribution is 5.60. The van der Waals surface area contributed by atoms with Crippen LogP contribution >= 0.6 is 0 Å². The number of benzene rings is 1. The maximum atomic E-state index is 11.0. The van der Waals surface area contributed by atoms with Crippen LogP contribution in [0.15, 0.2) is 30.3 Å². The second kappa shape index (κ2) is 8.77. The lowest BCUT2D eigenvalue weighted by Gasteiger charge is -2.12. The van der Waals surface area contributed by atoms with E-state index in [-0.39, 0.29) is 6.10 Å². The zero-order valence-electron chi connectivity index (χ0n) is 10.4. The molecule has 0 radical (unpaired) electrons. The molecule has 1 atom stereocenters. The van der Waals surface area contributed by atoms with Gasteiger partial charge in [0.25, 0.3) is 0 Å². The first kappa shape index (κ1) is 14.5. The third-order valence-electron chi connectivity index (χ3n) is 1.80. The number of hydrogen-bond donors (Lipinski definition) is 0. The second-order valence-corrected chi connectivity index (χ2v) is 2.85. The summed E-state index contributed by atoms with van der Waals surface area (Å²) >= 11 is 0. The lowest BCUT2D eigenvalue weighted by molar-refractivity contribution is 0.0317. The maximum absolute atomic E-state index is 11.0. The average molecular weight is 224 g/mol. The summed E-state index contributed by atoms with van der Waals surface area (Å²) in [6.45, 7) is 7.89. The highest BCUT2D eigenvalue weighted by atomic mass is 16.7. The minimum atomic E-state index is -0.621. The van der Waals surface area contributed by atoms with Crippen LogP contribution in [0.5, 0.6) is 0 Å². The molecule has 0 aromatic heterocycles. The van der Waals surface area contributed by atoms with Crippen LogP contribution in [0.1, 0.15) is 39.4 Å². The Hall–Kier alpha value is -1.51. The van der Waals surface area contributed by atoms with Crippen molar-refractivity contribution >= 4 is 6.16 Å². The predicted octanol–water partition coefficient (Wildman–Crippen LogP) is 3.95. The van der Waals surface area contributed by atoms with Crippen molar-refractivity contribution in [2.24, 2.45) is 0 Å². The molecule has 0 saturated carbocycles. The lowest BCUT2D eigenvalue weighted by Crippen LogP contribution is -2.10. The SMILES string of the molecule is CC.CCOC(=O)OC(C)c1ccccc1. The van der Waals surface area contributed by atoms with Crippen LogP contribution in [0.4, 0.5) is 4.79 Å². The van der Waals surface area contributed by atoms with Crippen LogP contribution in [-0.4, -0.2) is 12.8 Å². The van der Waals surface area contributed by atoms with E-state index in [0.29, 0.717) is 6.61 Å². The number of ether oxygens (including phenoxy) is 2. The molecular formula is C13H20O3. The van der Waals surface area contributed by atoms with Gasteiger partial charge in [0, 0.05) is 0 Å². The number of rotatable bonds is 3. The summed E-state index contributed by atoms with van der Waals surface area (Å²) in [4.78, 5) is 11.0. The van der Waals surface area contributed by atoms with Gasteiger partial charge in [-0.3, -0.25) is 0 Å². The van der Waals surface area contributed by atoms with Gasteiger partial charge in [0.05, 0.1) is 6.61 Å². The number of carbonyl (C=O) groups is 1. The molecule has 0 saturated heterocycles. The molecule has 0 aliphatic rings. The van der Waals surface area contributed by atoms with Gasteiger partial charge in [-0.2, -0.15) is 0 Å². The van der Waals surface area contributed by atoms with E-state index in [1.807, 2.05) is 51.1 Å². The first-order valence-electron chi connectivity index (χ1n) is 5.62. The molecule has 1 aromatic carbocycles. The van der Waals surface area contributed by atoms with Crippen molar-refractivity contribution in [1.82, 2.24) is 0 Å². The standard InChI is InChI=1S/C11H14O3.C2H6/c1-3-13-11(12)14-9(2)10-7-5-4-6-8-10;1-2/h4-9H,3H2,1-2H3;1-2H3. The Morgan fingerprint density at radius 3 is 2.31 bits per heavy atom. The van der Waals surface area contributed by atoms with Crippen molar-refractivity contribution in [2.75, 3.05) is 6.61 Å². The first-order valence-corrected chi connectivity index (χ1v) is 5.62. The summed E-state index contributed by atoms with van der Waals surface area (Å²) in [5.41, 5.74) is 0.959. The number of hydrogen-bond acceptors (Lipinski definition) is 3. The minimum absolute atomic E-state index is 0.268. The van der Waals surface area contributed by atoms with Gasteiger partial charge in [-0.25, -0.2) is 4.79 Å². The maximum Gasteiger partial charge on any atom is 0.508 e. The molecule has 16 heavy (non-hydrogen) atoms. The molecule has 0 amide bonds. The van der Waals surface area contributed by atoms with Crippen molar-refractivity contribution in [3.63, 3.8) is 0 Å². The van der Waals surface area contributed by atoms with Crippen LogP contribution in [0, 0.1) is 0 Å². The zero-order valence-corrected chi connectivity index (χ0v) is 10.4. The highest BCUT2D eigenvalue weighted by Gasteiger charge is 2.11. The van der Waals surface area contributed by atoms with Gasteiger partial charge in [0.1, 0.15) is 6.10 Å². The summed E-state index contributed by atoms with van der Waals surface area (Å²) in [6.07, 6.45) is -0.890. The van der Waals surface area contributed by atoms with E-state index >= 15 is 0 Å². The molecule has 0 spiro atoms. The summed E-state index contributed by atoms with van der Waals surface area (Å²) in [7, 11) is 0. The summed E-state index contributed by atoms with van der Waals surface area (Å²) in [6, 6.07) is 9.54. The van der Waals surface area contributed by atoms with Crippen LogP contribution in [0.25, 0.3) is 0 Å². The fraction of sp³-hybridized carbons (Fsp3) is 0.462. The summed E-state index contributed by atoms with van der Waals surface area (Å²) in [5, 5.41) is 0. The highest BCUT2D eigenvalue weighted by Crippen LogP contribution is 2.16. The van der Waals surface area contributed by atoms with E-state index in [0.717, 1.165) is 5.56 Å². The Morgan fingerprint density at radius 2 is 1.81 bits per heavy atom. The normalized spacial score (nSPS) is 10.8. The Morgan fingerprint density at radius 1 is 1.25 bits per heavy atom. The van der Waals surface area contributed by atoms with E-state index in [1.54, 1.807) is 6.92 Å². The number of carbonyl (C=O) groups excluding carboxylic acids is 1. The Balaban J connectivity index is 0.00000106. The zero-order chi connectivity index (χ0) is 12.4. The van der Waals surface area contributed by atoms with Crippen molar-refractivity contribution in [3.8, 4) is 0 Å². The Labute approximate surface area is 97.4 Å². The molecule has 90 valence electrons. The minimum Gasteiger partial charge on any atom is -0.435 e. The molecule has 1 rings (SSSR count). The fourth-order valence-electron chi connectivity index (χ4n) is 1.09. The largest absolute Gasteiger partial charge is 0.508 e. The average Bonchev–Trinajstić information content (AvgIpc) is 2.33. The van der Waals surface area contributed by atoms with Crippen molar-refractivity contribution in [3.05, 3.63) is 35.9 Å². The molecule has 3 heteroatoms. The van der Waals surface area contributed by atoms with E-state index < -0.39 is 6.16 Å². The molecule has 0 fully saturated rings. The van der Waals surface area contributed by atoms with Crippen molar-refractivity contribution < 1.29 is 14.3 Å². The molecule has 1 aromatic rings. The van der Waals surface area contributed by atoms with Crippen molar-refractivity contribution in [1.29, 1.82) is 0 Å². The third-order valence-corrected chi connectivity index (χ3v) is 1.80. The molecular weight excluding hydrogens is 204 g/mol. The van der Waals surface area contributed by atoms with Crippen LogP contribution in [-0.2, 0) is 9.47 Å². The van der Waals surface area contributed by atoms with Gasteiger partial charge >= 0.3 is 6.16 Å². The van der Waals surface area contributed by atoms with E-state index in [4.69, 9.17) is 4.74 Å². The van der Waals surface area contributed by atoms with E-state index in [9.17, 15) is 4.79 Å². The Bertz CT molecular complexity index is 282. The van der Waals surface area contributed by atoms with Gasteiger partial charge in [-0.15, -0.1) is 0 Å². The predicted molar refractivity (Wildman–Crippen MR) is 64.3 cm³/mol. The van der Waals surface area contributed by atoms with Crippen LogP contribution < -0.4 is 0 Å². The quantitative estimate of drug-likeness (QED) is 0.729.